The molecule has 6 heteroatoms. The zero-order valence-electron chi connectivity index (χ0n) is 16.0. The van der Waals surface area contributed by atoms with Crippen molar-refractivity contribution in [2.24, 2.45) is 5.92 Å². The number of hydrogen-bond donors (Lipinski definition) is 1. The average Bonchev–Trinajstić information content (AvgIpc) is 3.40. The van der Waals surface area contributed by atoms with Gasteiger partial charge in [-0.3, -0.25) is 9.78 Å². The van der Waals surface area contributed by atoms with E-state index in [9.17, 15) is 13.2 Å². The summed E-state index contributed by atoms with van der Waals surface area (Å²) in [5.41, 5.74) is 5.45. The van der Waals surface area contributed by atoms with E-state index >= 15 is 0 Å². The first kappa shape index (κ1) is 19.3. The number of carbonyl (C=O) groups is 1. The molecule has 4 rings (SSSR count). The second-order valence-corrected chi connectivity index (χ2v) is 9.73. The summed E-state index contributed by atoms with van der Waals surface area (Å²) in [6.45, 7) is 3.50. The second kappa shape index (κ2) is 7.76. The molecule has 1 unspecified atom stereocenters. The summed E-state index contributed by atoms with van der Waals surface area (Å²) in [5, 5.41) is 0. The zero-order chi connectivity index (χ0) is 19.7. The molecule has 1 saturated carbocycles. The number of nitrogens with zero attached hydrogens (tertiary/aromatic N) is 1. The van der Waals surface area contributed by atoms with Crippen molar-refractivity contribution in [1.29, 1.82) is 0 Å². The van der Waals surface area contributed by atoms with Crippen LogP contribution in [0.15, 0.2) is 30.9 Å². The Labute approximate surface area is 166 Å². The highest BCUT2D eigenvalue weighted by Gasteiger charge is 2.30. The number of carbonyl (C=O) groups excluding carboxylic acids is 1. The summed E-state index contributed by atoms with van der Waals surface area (Å²) < 4.78 is 26.7. The number of sulfonamides is 1. The van der Waals surface area contributed by atoms with Gasteiger partial charge in [-0.15, -0.1) is 6.58 Å². The van der Waals surface area contributed by atoms with Gasteiger partial charge in [-0.2, -0.15) is 0 Å². The minimum Gasteiger partial charge on any atom is -0.299 e. The van der Waals surface area contributed by atoms with E-state index in [-0.39, 0.29) is 17.7 Å². The van der Waals surface area contributed by atoms with Gasteiger partial charge >= 0.3 is 0 Å². The van der Waals surface area contributed by atoms with Crippen LogP contribution in [0.2, 0.25) is 0 Å². The molecule has 5 nitrogen and oxygen atoms in total. The van der Waals surface area contributed by atoms with E-state index in [0.29, 0.717) is 18.6 Å². The van der Waals surface area contributed by atoms with Gasteiger partial charge in [0.1, 0.15) is 5.78 Å². The molecule has 1 aromatic heterocycles. The van der Waals surface area contributed by atoms with Crippen LogP contribution < -0.4 is 4.72 Å². The summed E-state index contributed by atoms with van der Waals surface area (Å²) >= 11 is 0. The fourth-order valence-electron chi connectivity index (χ4n) is 4.02. The topological polar surface area (TPSA) is 76.1 Å². The van der Waals surface area contributed by atoms with E-state index < -0.39 is 10.0 Å². The van der Waals surface area contributed by atoms with Crippen LogP contribution in [0.4, 0.5) is 0 Å². The number of allylic oxidation sites excluding steroid dienone is 2. The predicted octanol–water partition coefficient (Wildman–Crippen LogP) is 3.21. The van der Waals surface area contributed by atoms with Gasteiger partial charge in [0.25, 0.3) is 0 Å². The van der Waals surface area contributed by atoms with Crippen LogP contribution in [0.25, 0.3) is 11.6 Å². The Hall–Kier alpha value is -2.05. The first-order valence-electron chi connectivity index (χ1n) is 9.97. The van der Waals surface area contributed by atoms with E-state index in [1.807, 2.05) is 0 Å². The van der Waals surface area contributed by atoms with Gasteiger partial charge in [-0.25, -0.2) is 13.1 Å². The average molecular weight is 399 g/mol. The largest absolute Gasteiger partial charge is 0.299 e. The lowest BCUT2D eigenvalue weighted by atomic mass is 9.88. The number of nitrogens with one attached hydrogen (secondary N) is 1. The molecule has 28 heavy (non-hydrogen) atoms. The molecule has 0 bridgehead atoms. The smallest absolute Gasteiger partial charge is 0.215 e. The van der Waals surface area contributed by atoms with Gasteiger partial charge in [-0.05, 0) is 49.3 Å². The number of pyridine rings is 1. The van der Waals surface area contributed by atoms with Crippen molar-refractivity contribution in [3.63, 3.8) is 0 Å². The van der Waals surface area contributed by atoms with E-state index in [1.165, 1.54) is 11.6 Å². The molecule has 0 aliphatic heterocycles. The summed E-state index contributed by atoms with van der Waals surface area (Å²) in [6, 6.07) is 2.00. The van der Waals surface area contributed by atoms with Gasteiger partial charge in [0.05, 0.1) is 11.4 Å². The van der Waals surface area contributed by atoms with Gasteiger partial charge in [0.2, 0.25) is 10.0 Å². The molecule has 1 atom stereocenters. The van der Waals surface area contributed by atoms with Crippen molar-refractivity contribution >= 4 is 27.5 Å². The molecule has 3 aliphatic carbocycles. The quantitative estimate of drug-likeness (QED) is 0.682. The maximum absolute atomic E-state index is 12.2. The van der Waals surface area contributed by atoms with Gasteiger partial charge in [0.15, 0.2) is 0 Å². The third-order valence-electron chi connectivity index (χ3n) is 5.61. The lowest BCUT2D eigenvalue weighted by Gasteiger charge is -2.24. The number of fused-ring (bicyclic) bond motifs is 1. The first-order valence-corrected chi connectivity index (χ1v) is 11.6. The number of aromatic nitrogens is 1. The monoisotopic (exact) mass is 398 g/mol. The van der Waals surface area contributed by atoms with Gasteiger partial charge in [-0.1, -0.05) is 24.3 Å². The minimum absolute atomic E-state index is 0.0545. The van der Waals surface area contributed by atoms with Crippen LogP contribution in [-0.2, 0) is 27.7 Å². The Morgan fingerprint density at radius 2 is 2.14 bits per heavy atom. The summed E-state index contributed by atoms with van der Waals surface area (Å²) in [7, 11) is -3.30. The number of Topliss-reactive ketones (excluding diaryl/α,β-unsaturated/α-hetero) is 1. The van der Waals surface area contributed by atoms with Crippen molar-refractivity contribution < 1.29 is 13.2 Å². The Morgan fingerprint density at radius 3 is 2.82 bits per heavy atom. The number of hydrogen-bond acceptors (Lipinski definition) is 4. The van der Waals surface area contributed by atoms with E-state index in [4.69, 9.17) is 4.98 Å². The molecule has 1 fully saturated rings. The molecule has 0 radical (unpaired) electrons. The van der Waals surface area contributed by atoms with Crippen molar-refractivity contribution in [3.8, 4) is 0 Å². The third kappa shape index (κ3) is 4.33. The van der Waals surface area contributed by atoms with Crippen molar-refractivity contribution in [1.82, 2.24) is 9.71 Å². The second-order valence-electron chi connectivity index (χ2n) is 7.93. The van der Waals surface area contributed by atoms with Crippen LogP contribution in [-0.4, -0.2) is 31.0 Å². The normalized spacial score (nSPS) is 21.3. The molecular formula is C22H26N2O3S. The summed E-state index contributed by atoms with van der Waals surface area (Å²) in [5.74, 6) is 0.495. The molecule has 3 aliphatic rings. The van der Waals surface area contributed by atoms with E-state index in [2.05, 4.69) is 35.6 Å². The maximum atomic E-state index is 12.2. The van der Waals surface area contributed by atoms with Crippen molar-refractivity contribution in [3.05, 3.63) is 53.4 Å². The van der Waals surface area contributed by atoms with E-state index in [1.54, 1.807) is 0 Å². The van der Waals surface area contributed by atoms with Crippen molar-refractivity contribution in [2.45, 2.75) is 51.0 Å². The predicted molar refractivity (Wildman–Crippen MR) is 111 cm³/mol. The molecule has 1 aromatic rings. The van der Waals surface area contributed by atoms with Crippen LogP contribution in [0.5, 0.6) is 0 Å². The molecule has 0 saturated heterocycles. The molecule has 0 aromatic carbocycles. The third-order valence-corrected chi connectivity index (χ3v) is 6.98. The fourth-order valence-corrected chi connectivity index (χ4v) is 5.15. The van der Waals surface area contributed by atoms with Crippen molar-refractivity contribution in [2.75, 3.05) is 5.75 Å². The van der Waals surface area contributed by atoms with E-state index in [0.717, 1.165) is 54.6 Å². The fraction of sp³-hybridized carbons (Fsp3) is 0.455. The summed E-state index contributed by atoms with van der Waals surface area (Å²) in [4.78, 5) is 17.0. The molecule has 0 amide bonds. The van der Waals surface area contributed by atoms with Gasteiger partial charge in [0, 0.05) is 36.1 Å². The molecule has 148 valence electrons. The van der Waals surface area contributed by atoms with Crippen LogP contribution in [0, 0.1) is 5.92 Å². The van der Waals surface area contributed by atoms with Crippen LogP contribution >= 0.6 is 0 Å². The Morgan fingerprint density at radius 1 is 1.32 bits per heavy atom. The summed E-state index contributed by atoms with van der Waals surface area (Å²) in [6.07, 6.45) is 13.3. The van der Waals surface area contributed by atoms with Gasteiger partial charge < -0.3 is 0 Å². The highest BCUT2D eigenvalue weighted by molar-refractivity contribution is 7.89. The van der Waals surface area contributed by atoms with Crippen LogP contribution in [0.3, 0.4) is 0 Å². The Balaban J connectivity index is 1.53. The zero-order valence-corrected chi connectivity index (χ0v) is 16.8. The first-order chi connectivity index (χ1) is 13.4. The molecular weight excluding hydrogens is 372 g/mol. The maximum Gasteiger partial charge on any atom is 0.215 e. The molecule has 1 heterocycles. The molecule has 0 spiro atoms. The molecule has 1 N–H and O–H groups in total. The minimum atomic E-state index is -3.30. The highest BCUT2D eigenvalue weighted by Crippen LogP contribution is 2.35. The highest BCUT2D eigenvalue weighted by atomic mass is 32.2. The SMILES string of the molecule is C=CCS(=O)(=O)NC1CC=C(c2cc(CC(=O)C3CC3)nc3c2C=CC3)CC1. The van der Waals surface area contributed by atoms with Crippen LogP contribution in [0.1, 0.15) is 54.6 Å². The lowest BCUT2D eigenvalue weighted by Crippen LogP contribution is -2.36. The Kier molecular flexibility index (Phi) is 5.34. The number of ketones is 1. The standard InChI is InChI=1S/C22H26N2O3S/c1-2-12-28(26,27)24-17-10-8-15(9-11-17)20-13-18(14-22(25)16-6-7-16)23-21-5-3-4-19(20)21/h2-4,8,13,16-17,24H,1,5-7,9-12,14H2. The lowest BCUT2D eigenvalue weighted by molar-refractivity contribution is -0.119. The Bertz CT molecular complexity index is 972. The number of rotatable bonds is 8.